The van der Waals surface area contributed by atoms with Crippen molar-refractivity contribution in [3.63, 3.8) is 0 Å². The molecule has 0 bridgehead atoms. The molecule has 13 heteroatoms. The van der Waals surface area contributed by atoms with Gasteiger partial charge in [-0.1, -0.05) is 0 Å². The normalized spacial score (nSPS) is 19.0. The van der Waals surface area contributed by atoms with Crippen molar-refractivity contribution >= 4 is 41.1 Å². The number of nitrogens with zero attached hydrogens (tertiary/aromatic N) is 2. The Morgan fingerprint density at radius 1 is 0.892 bits per heavy atom. The predicted octanol–water partition coefficient (Wildman–Crippen LogP) is 2.14. The Kier molecular flexibility index (Phi) is 7.14. The first kappa shape index (κ1) is 25.7. The minimum absolute atomic E-state index is 0.0148. The maximum Gasteiger partial charge on any atom is 0.414 e. The molecule has 2 atom stereocenters. The molecule has 196 valence electrons. The quantitative estimate of drug-likeness (QED) is 0.478. The summed E-state index contributed by atoms with van der Waals surface area (Å²) in [6.45, 7) is 3.02. The van der Waals surface area contributed by atoms with Crippen molar-refractivity contribution in [3.05, 3.63) is 42.0 Å². The molecule has 37 heavy (non-hydrogen) atoms. The van der Waals surface area contributed by atoms with E-state index in [0.29, 0.717) is 0 Å². The number of benzene rings is 2. The van der Waals surface area contributed by atoms with E-state index in [0.717, 1.165) is 17.0 Å². The van der Waals surface area contributed by atoms with Crippen LogP contribution in [0.2, 0.25) is 0 Å². The van der Waals surface area contributed by atoms with Crippen LogP contribution in [0.3, 0.4) is 0 Å². The van der Waals surface area contributed by atoms with Crippen molar-refractivity contribution in [2.45, 2.75) is 26.1 Å². The Labute approximate surface area is 210 Å². The summed E-state index contributed by atoms with van der Waals surface area (Å²) >= 11 is 0. The number of carbonyl (C=O) groups excluding carboxylic acids is 4. The Bertz CT molecular complexity index is 1270. The lowest BCUT2D eigenvalue weighted by atomic mass is 10.0. The van der Waals surface area contributed by atoms with Crippen LogP contribution in [-0.4, -0.2) is 62.4 Å². The number of cyclic esters (lactones) is 2. The number of hydrogen-bond acceptors (Lipinski definition) is 7. The third kappa shape index (κ3) is 5.55. The van der Waals surface area contributed by atoms with E-state index >= 15 is 8.78 Å². The van der Waals surface area contributed by atoms with Gasteiger partial charge in [-0.15, -0.1) is 0 Å². The molecule has 0 radical (unpaired) electrons. The number of ether oxygens (including phenoxy) is 2. The highest BCUT2D eigenvalue weighted by atomic mass is 19.1. The molecule has 0 saturated carbocycles. The lowest BCUT2D eigenvalue weighted by Gasteiger charge is -2.18. The van der Waals surface area contributed by atoms with Gasteiger partial charge >= 0.3 is 12.2 Å². The highest BCUT2D eigenvalue weighted by Crippen LogP contribution is 2.36. The molecule has 2 aliphatic heterocycles. The van der Waals surface area contributed by atoms with E-state index in [1.807, 2.05) is 0 Å². The van der Waals surface area contributed by atoms with E-state index in [1.165, 1.54) is 36.9 Å². The Hall–Kier alpha value is -4.42. The minimum atomic E-state index is -0.829. The van der Waals surface area contributed by atoms with Crippen molar-refractivity contribution in [2.24, 2.45) is 0 Å². The minimum Gasteiger partial charge on any atom is -0.442 e. The van der Waals surface area contributed by atoms with Gasteiger partial charge in [0.15, 0.2) is 0 Å². The maximum atomic E-state index is 15.1. The van der Waals surface area contributed by atoms with Gasteiger partial charge in [0.25, 0.3) is 0 Å². The summed E-state index contributed by atoms with van der Waals surface area (Å²) in [5, 5.41) is 5.10. The summed E-state index contributed by atoms with van der Waals surface area (Å²) in [4.78, 5) is 49.0. The average molecular weight is 517 g/mol. The van der Waals surface area contributed by atoms with Crippen molar-refractivity contribution in [1.29, 1.82) is 0 Å². The van der Waals surface area contributed by atoms with E-state index in [9.17, 15) is 19.2 Å². The molecule has 4 rings (SSSR count). The summed E-state index contributed by atoms with van der Waals surface area (Å²) in [5.41, 5.74) is 6.12. The molecule has 4 N–H and O–H groups in total. The number of halogens is 2. The molecule has 2 heterocycles. The molecule has 0 aliphatic carbocycles. The van der Waals surface area contributed by atoms with Gasteiger partial charge in [-0.2, -0.15) is 0 Å². The first-order chi connectivity index (χ1) is 17.5. The van der Waals surface area contributed by atoms with Gasteiger partial charge in [0.2, 0.25) is 11.8 Å². The summed E-state index contributed by atoms with van der Waals surface area (Å²) < 4.78 is 40.6. The standard InChI is InChI=1S/C24H25F2N5O6/c1-12(32)28-8-15-10-30(23(34)36-15)14-3-4-17(19(25)5-14)18-6-21(27)22(7-20(18)26)31-11-16(37-24(31)35)9-29-13(2)33/h3-7,15-16H,8-11,27H2,1-2H3,(H,28,32)(H,29,33)/t15-,16-/m0/s1. The van der Waals surface area contributed by atoms with Gasteiger partial charge in [-0.05, 0) is 24.3 Å². The average Bonchev–Trinajstić information content (AvgIpc) is 3.39. The molecule has 11 nitrogen and oxygen atoms in total. The molecule has 0 unspecified atom stereocenters. The van der Waals surface area contributed by atoms with E-state index in [2.05, 4.69) is 10.6 Å². The highest BCUT2D eigenvalue weighted by molar-refractivity contribution is 5.95. The number of rotatable bonds is 7. The lowest BCUT2D eigenvalue weighted by Crippen LogP contribution is -2.33. The van der Waals surface area contributed by atoms with Crippen LogP contribution >= 0.6 is 0 Å². The van der Waals surface area contributed by atoms with Crippen LogP contribution in [0.15, 0.2) is 30.3 Å². The Morgan fingerprint density at radius 2 is 1.43 bits per heavy atom. The van der Waals surface area contributed by atoms with Crippen LogP contribution in [-0.2, 0) is 19.1 Å². The molecule has 0 spiro atoms. The largest absolute Gasteiger partial charge is 0.442 e. The van der Waals surface area contributed by atoms with Gasteiger partial charge in [0.1, 0.15) is 23.8 Å². The van der Waals surface area contributed by atoms with Gasteiger partial charge in [0, 0.05) is 31.0 Å². The second-order valence-corrected chi connectivity index (χ2v) is 8.66. The van der Waals surface area contributed by atoms with Crippen molar-refractivity contribution in [1.82, 2.24) is 10.6 Å². The number of carbonyl (C=O) groups is 4. The number of nitrogens with two attached hydrogens (primary N) is 1. The molecule has 2 aliphatic rings. The summed E-state index contributed by atoms with van der Waals surface area (Å²) in [6.07, 6.45) is -2.69. The third-order valence-corrected chi connectivity index (χ3v) is 5.87. The number of anilines is 3. The first-order valence-corrected chi connectivity index (χ1v) is 11.4. The smallest absolute Gasteiger partial charge is 0.414 e. The molecule has 2 fully saturated rings. The van der Waals surface area contributed by atoms with Gasteiger partial charge in [0.05, 0.1) is 43.2 Å². The number of hydrogen-bond donors (Lipinski definition) is 3. The van der Waals surface area contributed by atoms with Crippen molar-refractivity contribution in [3.8, 4) is 11.1 Å². The molecule has 2 aromatic rings. The predicted molar refractivity (Wildman–Crippen MR) is 129 cm³/mol. The molecular formula is C24H25F2N5O6. The first-order valence-electron chi connectivity index (χ1n) is 11.4. The molecule has 4 amide bonds. The number of nitrogen functional groups attached to an aromatic ring is 1. The van der Waals surface area contributed by atoms with E-state index in [1.54, 1.807) is 0 Å². The van der Waals surface area contributed by atoms with Gasteiger partial charge < -0.3 is 25.8 Å². The topological polar surface area (TPSA) is 143 Å². The summed E-state index contributed by atoms with van der Waals surface area (Å²) in [6, 6.07) is 6.05. The fraction of sp³-hybridized carbons (Fsp3) is 0.333. The van der Waals surface area contributed by atoms with Crippen LogP contribution in [0.1, 0.15) is 13.8 Å². The zero-order valence-electron chi connectivity index (χ0n) is 20.0. The second kappa shape index (κ2) is 10.3. The SMILES string of the molecule is CC(=O)NC[C@H]1CN(c2ccc(-c3cc(N)c(N4C[C@H](CNC(C)=O)OC4=O)cc3F)c(F)c2)C(=O)O1. The lowest BCUT2D eigenvalue weighted by molar-refractivity contribution is -0.120. The zero-order chi connectivity index (χ0) is 26.9. The Balaban J connectivity index is 1.52. The van der Waals surface area contributed by atoms with Crippen LogP contribution < -0.4 is 26.2 Å². The zero-order valence-corrected chi connectivity index (χ0v) is 20.0. The third-order valence-electron chi connectivity index (χ3n) is 5.87. The fourth-order valence-electron chi connectivity index (χ4n) is 4.09. The maximum absolute atomic E-state index is 15.1. The van der Waals surface area contributed by atoms with Crippen molar-refractivity contribution < 1.29 is 37.4 Å². The summed E-state index contributed by atoms with van der Waals surface area (Å²) in [5.74, 6) is -2.20. The Morgan fingerprint density at radius 3 is 2.00 bits per heavy atom. The van der Waals surface area contributed by atoms with Crippen LogP contribution in [0.5, 0.6) is 0 Å². The van der Waals surface area contributed by atoms with E-state index in [4.69, 9.17) is 15.2 Å². The van der Waals surface area contributed by atoms with Crippen LogP contribution in [0.25, 0.3) is 11.1 Å². The van der Waals surface area contributed by atoms with Crippen molar-refractivity contribution in [2.75, 3.05) is 41.7 Å². The molecular weight excluding hydrogens is 492 g/mol. The number of nitrogens with one attached hydrogen (secondary N) is 2. The molecule has 2 saturated heterocycles. The van der Waals surface area contributed by atoms with Crippen LogP contribution in [0.4, 0.5) is 35.4 Å². The van der Waals surface area contributed by atoms with Crippen LogP contribution in [0, 0.1) is 11.6 Å². The van der Waals surface area contributed by atoms with Gasteiger partial charge in [-0.25, -0.2) is 18.4 Å². The van der Waals surface area contributed by atoms with E-state index in [-0.39, 0.29) is 66.2 Å². The second-order valence-electron chi connectivity index (χ2n) is 8.66. The molecule has 2 aromatic carbocycles. The highest BCUT2D eigenvalue weighted by Gasteiger charge is 2.35. The number of amides is 4. The fourth-order valence-corrected chi connectivity index (χ4v) is 4.09. The summed E-state index contributed by atoms with van der Waals surface area (Å²) in [7, 11) is 0. The monoisotopic (exact) mass is 517 g/mol. The van der Waals surface area contributed by atoms with Gasteiger partial charge in [-0.3, -0.25) is 19.4 Å². The van der Waals surface area contributed by atoms with E-state index < -0.39 is 36.0 Å². The molecule has 0 aromatic heterocycles.